The fourth-order valence-electron chi connectivity index (χ4n) is 2.95. The predicted molar refractivity (Wildman–Crippen MR) is 85.8 cm³/mol. The van der Waals surface area contributed by atoms with E-state index in [2.05, 4.69) is 21.9 Å². The Morgan fingerprint density at radius 3 is 2.75 bits per heavy atom. The monoisotopic (exact) mass is 321 g/mol. The number of nitrogens with zero attached hydrogens (tertiary/aromatic N) is 1. The van der Waals surface area contributed by atoms with Crippen LogP contribution in [0.15, 0.2) is 0 Å². The highest BCUT2D eigenvalue weighted by molar-refractivity contribution is 8.00. The van der Waals surface area contributed by atoms with Gasteiger partial charge in [-0.25, -0.2) is 13.1 Å². The molecule has 20 heavy (non-hydrogen) atoms. The molecule has 2 fully saturated rings. The fraction of sp³-hybridized carbons (Fsp3) is 1.00. The van der Waals surface area contributed by atoms with Crippen molar-refractivity contribution in [2.75, 3.05) is 44.2 Å². The molecule has 7 heteroatoms. The number of piperazine rings is 1. The van der Waals surface area contributed by atoms with E-state index in [1.165, 1.54) is 0 Å². The molecule has 2 atom stereocenters. The van der Waals surface area contributed by atoms with Gasteiger partial charge in [-0.2, -0.15) is 11.8 Å². The lowest BCUT2D eigenvalue weighted by molar-refractivity contribution is 0.253. The van der Waals surface area contributed by atoms with Crippen molar-refractivity contribution in [1.29, 1.82) is 0 Å². The van der Waals surface area contributed by atoms with Gasteiger partial charge < -0.3 is 5.32 Å². The first-order valence-corrected chi connectivity index (χ1v) is 10.4. The van der Waals surface area contributed by atoms with Gasteiger partial charge in [0.15, 0.2) is 0 Å². The Kier molecular flexibility index (Phi) is 6.61. The van der Waals surface area contributed by atoms with E-state index in [1.54, 1.807) is 0 Å². The summed E-state index contributed by atoms with van der Waals surface area (Å²) in [7, 11) is -3.14. The van der Waals surface area contributed by atoms with E-state index in [9.17, 15) is 8.42 Å². The molecule has 0 radical (unpaired) electrons. The van der Waals surface area contributed by atoms with Crippen LogP contribution in [-0.4, -0.2) is 68.8 Å². The van der Waals surface area contributed by atoms with E-state index < -0.39 is 10.0 Å². The molecule has 0 bridgehead atoms. The van der Waals surface area contributed by atoms with Crippen molar-refractivity contribution in [3.8, 4) is 0 Å². The second kappa shape index (κ2) is 7.98. The maximum atomic E-state index is 12.2. The van der Waals surface area contributed by atoms with Gasteiger partial charge >= 0.3 is 0 Å². The third-order valence-electron chi connectivity index (χ3n) is 4.05. The number of hydrogen-bond acceptors (Lipinski definition) is 5. The molecule has 2 rings (SSSR count). The van der Waals surface area contributed by atoms with Crippen LogP contribution in [0.5, 0.6) is 0 Å². The molecule has 1 saturated carbocycles. The van der Waals surface area contributed by atoms with Crippen LogP contribution >= 0.6 is 11.8 Å². The Balaban J connectivity index is 1.77. The first-order valence-electron chi connectivity index (χ1n) is 7.65. The summed E-state index contributed by atoms with van der Waals surface area (Å²) in [6.45, 7) is 6.62. The third kappa shape index (κ3) is 5.18. The summed E-state index contributed by atoms with van der Waals surface area (Å²) >= 11 is 1.89. The quantitative estimate of drug-likeness (QED) is 0.714. The number of rotatable bonds is 7. The second-order valence-electron chi connectivity index (χ2n) is 5.56. The minimum Gasteiger partial charge on any atom is -0.314 e. The van der Waals surface area contributed by atoms with Crippen LogP contribution in [0.4, 0.5) is 0 Å². The molecular formula is C13H27N3O2S2. The standard InChI is InChI=1S/C13H27N3O2S2/c1-2-19-13-5-3-4-12(13)15-20(17,18)11-10-16-8-6-14-7-9-16/h12-15H,2-11H2,1H3. The van der Waals surface area contributed by atoms with Gasteiger partial charge in [-0.05, 0) is 18.6 Å². The predicted octanol–water partition coefficient (Wildman–Crippen LogP) is 0.485. The maximum absolute atomic E-state index is 12.2. The zero-order valence-electron chi connectivity index (χ0n) is 12.3. The van der Waals surface area contributed by atoms with Gasteiger partial charge in [0.25, 0.3) is 0 Å². The molecule has 2 aliphatic rings. The topological polar surface area (TPSA) is 61.4 Å². The minimum absolute atomic E-state index is 0.146. The highest BCUT2D eigenvalue weighted by Crippen LogP contribution is 2.30. The summed E-state index contributed by atoms with van der Waals surface area (Å²) in [6.07, 6.45) is 3.27. The van der Waals surface area contributed by atoms with Crippen molar-refractivity contribution in [2.24, 2.45) is 0 Å². The van der Waals surface area contributed by atoms with Gasteiger partial charge in [-0.1, -0.05) is 13.3 Å². The summed E-state index contributed by atoms with van der Waals surface area (Å²) in [5.74, 6) is 1.29. The molecule has 2 N–H and O–H groups in total. The number of thioether (sulfide) groups is 1. The molecule has 0 aromatic carbocycles. The van der Waals surface area contributed by atoms with Crippen LogP contribution in [0.2, 0.25) is 0 Å². The zero-order chi connectivity index (χ0) is 14.4. The summed E-state index contributed by atoms with van der Waals surface area (Å²) in [4.78, 5) is 2.22. The van der Waals surface area contributed by atoms with Crippen molar-refractivity contribution in [3.05, 3.63) is 0 Å². The SMILES string of the molecule is CCSC1CCCC1NS(=O)(=O)CCN1CCNCC1. The average Bonchev–Trinajstić information content (AvgIpc) is 2.85. The largest absolute Gasteiger partial charge is 0.314 e. The van der Waals surface area contributed by atoms with Crippen molar-refractivity contribution in [3.63, 3.8) is 0 Å². The Labute approximate surface area is 127 Å². The third-order valence-corrected chi connectivity index (χ3v) is 6.76. The first kappa shape index (κ1) is 16.5. The smallest absolute Gasteiger partial charge is 0.213 e. The van der Waals surface area contributed by atoms with Gasteiger partial charge in [0.05, 0.1) is 5.75 Å². The first-order chi connectivity index (χ1) is 9.61. The van der Waals surface area contributed by atoms with Gasteiger partial charge in [-0.15, -0.1) is 0 Å². The highest BCUT2D eigenvalue weighted by Gasteiger charge is 2.30. The summed E-state index contributed by atoms with van der Waals surface area (Å²) in [5, 5.41) is 3.75. The van der Waals surface area contributed by atoms with Crippen molar-refractivity contribution < 1.29 is 8.42 Å². The molecule has 0 amide bonds. The minimum atomic E-state index is -3.14. The number of nitrogens with one attached hydrogen (secondary N) is 2. The molecule has 118 valence electrons. The molecule has 0 aromatic heterocycles. The maximum Gasteiger partial charge on any atom is 0.213 e. The van der Waals surface area contributed by atoms with Crippen molar-refractivity contribution >= 4 is 21.8 Å². The normalized spacial score (nSPS) is 28.9. The van der Waals surface area contributed by atoms with Crippen molar-refractivity contribution in [2.45, 2.75) is 37.5 Å². The van der Waals surface area contributed by atoms with E-state index in [4.69, 9.17) is 0 Å². The number of hydrogen-bond donors (Lipinski definition) is 2. The van der Waals surface area contributed by atoms with E-state index in [-0.39, 0.29) is 11.8 Å². The van der Waals surface area contributed by atoms with Crippen LogP contribution in [0.25, 0.3) is 0 Å². The van der Waals surface area contributed by atoms with E-state index in [0.29, 0.717) is 11.8 Å². The lowest BCUT2D eigenvalue weighted by Crippen LogP contribution is -2.47. The Bertz CT molecular complexity index is 383. The van der Waals surface area contributed by atoms with Crippen LogP contribution in [-0.2, 0) is 10.0 Å². The van der Waals surface area contributed by atoms with E-state index >= 15 is 0 Å². The second-order valence-corrected chi connectivity index (χ2v) is 8.95. The van der Waals surface area contributed by atoms with Crippen LogP contribution in [0.3, 0.4) is 0 Å². The molecule has 0 aromatic rings. The van der Waals surface area contributed by atoms with Gasteiger partial charge in [-0.3, -0.25) is 4.90 Å². The summed E-state index contributed by atoms with van der Waals surface area (Å²) in [5.41, 5.74) is 0. The Morgan fingerprint density at radius 2 is 2.05 bits per heavy atom. The Morgan fingerprint density at radius 1 is 1.30 bits per heavy atom. The molecular weight excluding hydrogens is 294 g/mol. The molecule has 1 aliphatic carbocycles. The van der Waals surface area contributed by atoms with Crippen LogP contribution in [0, 0.1) is 0 Å². The molecule has 1 heterocycles. The molecule has 1 saturated heterocycles. The van der Waals surface area contributed by atoms with Gasteiger partial charge in [0.2, 0.25) is 10.0 Å². The molecule has 0 spiro atoms. The molecule has 5 nitrogen and oxygen atoms in total. The zero-order valence-corrected chi connectivity index (χ0v) is 13.9. The lowest BCUT2D eigenvalue weighted by atomic mass is 10.3. The number of sulfonamides is 1. The highest BCUT2D eigenvalue weighted by atomic mass is 32.2. The Hall–Kier alpha value is 0.180. The summed E-state index contributed by atoms with van der Waals surface area (Å²) in [6, 6.07) is 0.146. The lowest BCUT2D eigenvalue weighted by Gasteiger charge is -2.27. The fourth-order valence-corrected chi connectivity index (χ4v) is 5.59. The van der Waals surface area contributed by atoms with E-state index in [0.717, 1.165) is 51.2 Å². The van der Waals surface area contributed by atoms with Gasteiger partial charge in [0, 0.05) is 44.0 Å². The van der Waals surface area contributed by atoms with Crippen LogP contribution < -0.4 is 10.0 Å². The van der Waals surface area contributed by atoms with E-state index in [1.807, 2.05) is 11.8 Å². The average molecular weight is 322 g/mol. The molecule has 1 aliphatic heterocycles. The van der Waals surface area contributed by atoms with Crippen LogP contribution in [0.1, 0.15) is 26.2 Å². The molecule has 2 unspecified atom stereocenters. The van der Waals surface area contributed by atoms with Crippen molar-refractivity contribution in [1.82, 2.24) is 14.9 Å². The summed E-state index contributed by atoms with van der Waals surface area (Å²) < 4.78 is 27.4. The van der Waals surface area contributed by atoms with Gasteiger partial charge in [0.1, 0.15) is 0 Å².